The lowest BCUT2D eigenvalue weighted by atomic mass is 9.68. The summed E-state index contributed by atoms with van der Waals surface area (Å²) >= 11 is 0. The monoisotopic (exact) mass is 526 g/mol. The smallest absolute Gasteiger partial charge is 0.382 e. The highest BCUT2D eigenvalue weighted by Gasteiger charge is 2.69. The van der Waals surface area contributed by atoms with Gasteiger partial charge in [-0.05, 0) is 16.7 Å². The Morgan fingerprint density at radius 2 is 1.23 bits per heavy atom. The second-order valence-corrected chi connectivity index (χ2v) is 9.95. The second-order valence-electron chi connectivity index (χ2n) is 9.95. The molecule has 1 saturated heterocycles. The van der Waals surface area contributed by atoms with Gasteiger partial charge in [-0.3, -0.25) is 9.80 Å². The van der Waals surface area contributed by atoms with E-state index in [0.29, 0.717) is 22.3 Å². The zero-order valence-electron chi connectivity index (χ0n) is 20.7. The number of rotatable bonds is 5. The van der Waals surface area contributed by atoms with E-state index in [1.54, 1.807) is 121 Å². The Balaban J connectivity index is 1.65. The zero-order valence-corrected chi connectivity index (χ0v) is 20.7. The normalized spacial score (nSPS) is 26.3. The van der Waals surface area contributed by atoms with Gasteiger partial charge in [0.05, 0.1) is 23.9 Å². The number of benzene rings is 4. The lowest BCUT2D eigenvalue weighted by Gasteiger charge is -2.37. The Kier molecular flexibility index (Phi) is 6.11. The van der Waals surface area contributed by atoms with E-state index in [1.165, 1.54) is 5.01 Å². The highest BCUT2D eigenvalue weighted by atomic mass is 19.4. The number of Topliss-reactive ketones (excluding diaryl/α,β-unsaturated/α-hetero) is 1. The van der Waals surface area contributed by atoms with Crippen LogP contribution in [0.4, 0.5) is 13.2 Å². The summed E-state index contributed by atoms with van der Waals surface area (Å²) in [7, 11) is 0. The van der Waals surface area contributed by atoms with E-state index >= 15 is 0 Å². The first kappa shape index (κ1) is 25.1. The van der Waals surface area contributed by atoms with E-state index in [9.17, 15) is 23.1 Å². The highest BCUT2D eigenvalue weighted by Crippen LogP contribution is 2.60. The van der Waals surface area contributed by atoms with E-state index in [1.807, 2.05) is 0 Å². The molecule has 2 heterocycles. The molecule has 0 radical (unpaired) electrons. The number of alkyl halides is 3. The first-order chi connectivity index (χ1) is 18.8. The molecule has 5 atom stereocenters. The van der Waals surface area contributed by atoms with Crippen molar-refractivity contribution >= 4 is 11.5 Å². The molecule has 0 aromatic heterocycles. The number of hydrazone groups is 1. The minimum Gasteiger partial charge on any atom is -0.382 e. The van der Waals surface area contributed by atoms with Gasteiger partial charge in [0.15, 0.2) is 11.5 Å². The zero-order chi connectivity index (χ0) is 27.2. The summed E-state index contributed by atoms with van der Waals surface area (Å²) in [5.74, 6) is -2.82. The number of aliphatic hydroxyl groups is 1. The number of carbonyl (C=O) groups excluding carboxylic acids is 1. The summed E-state index contributed by atoms with van der Waals surface area (Å²) in [5.41, 5.74) is -1.29. The number of fused-ring (bicyclic) bond motifs is 1. The third kappa shape index (κ3) is 4.05. The highest BCUT2D eigenvalue weighted by molar-refractivity contribution is 6.02. The van der Waals surface area contributed by atoms with Crippen LogP contribution in [0.25, 0.3) is 0 Å². The van der Waals surface area contributed by atoms with Crippen LogP contribution in [-0.4, -0.2) is 33.8 Å². The predicted octanol–water partition coefficient (Wildman–Crippen LogP) is 6.51. The van der Waals surface area contributed by atoms with Gasteiger partial charge in [-0.15, -0.1) is 0 Å². The number of hydrogen-bond donors (Lipinski definition) is 1. The lowest BCUT2D eigenvalue weighted by molar-refractivity contribution is -0.0631. The quantitative estimate of drug-likeness (QED) is 0.302. The van der Waals surface area contributed by atoms with Gasteiger partial charge in [0.2, 0.25) is 0 Å². The Labute approximate surface area is 224 Å². The molecule has 0 aliphatic carbocycles. The van der Waals surface area contributed by atoms with Crippen LogP contribution < -0.4 is 0 Å². The van der Waals surface area contributed by atoms with Crippen molar-refractivity contribution in [2.24, 2.45) is 11.0 Å². The topological polar surface area (TPSA) is 52.9 Å². The molecule has 0 spiro atoms. The van der Waals surface area contributed by atoms with E-state index in [-0.39, 0.29) is 5.78 Å². The van der Waals surface area contributed by atoms with Gasteiger partial charge in [0.1, 0.15) is 5.60 Å². The van der Waals surface area contributed by atoms with E-state index < -0.39 is 41.4 Å². The molecule has 1 fully saturated rings. The molecule has 2 aliphatic rings. The van der Waals surface area contributed by atoms with E-state index in [4.69, 9.17) is 0 Å². The molecule has 2 aliphatic heterocycles. The standard InChI is InChI=1S/C32H25F3N2O2/c33-32(34,35)29-25(21-13-5-1-6-14-21)30-31(39,24-19-11-4-12-20-24)26(28(38)23-17-9-3-10-18-23)27(37(30)36-29)22-15-7-2-8-16-22/h1-20,25-27,30,39H/t25-,26+,27-,30-,31-/m1/s1. The molecule has 196 valence electrons. The first-order valence-corrected chi connectivity index (χ1v) is 12.7. The lowest BCUT2D eigenvalue weighted by Crippen LogP contribution is -2.49. The fourth-order valence-corrected chi connectivity index (χ4v) is 6.23. The van der Waals surface area contributed by atoms with Crippen molar-refractivity contribution in [3.8, 4) is 0 Å². The molecule has 7 heteroatoms. The summed E-state index contributed by atoms with van der Waals surface area (Å²) in [6.07, 6.45) is -4.75. The molecule has 0 saturated carbocycles. The van der Waals surface area contributed by atoms with E-state index in [0.717, 1.165) is 0 Å². The van der Waals surface area contributed by atoms with Crippen molar-refractivity contribution in [1.82, 2.24) is 5.01 Å². The van der Waals surface area contributed by atoms with Crippen LogP contribution in [0.15, 0.2) is 126 Å². The van der Waals surface area contributed by atoms with Crippen molar-refractivity contribution < 1.29 is 23.1 Å². The SMILES string of the molecule is O=C(c1ccccc1)[C@@H]1[C@@H](c2ccccc2)N2N=C(C(F)(F)F)[C@@H](c3ccccc3)[C@@H]2[C@@]1(O)c1ccccc1. The van der Waals surface area contributed by atoms with Crippen LogP contribution in [0, 0.1) is 5.92 Å². The number of halogens is 3. The molecular formula is C32H25F3N2O2. The Morgan fingerprint density at radius 1 is 0.744 bits per heavy atom. The number of hydrogen-bond acceptors (Lipinski definition) is 4. The van der Waals surface area contributed by atoms with Gasteiger partial charge < -0.3 is 5.11 Å². The van der Waals surface area contributed by atoms with Gasteiger partial charge in [-0.2, -0.15) is 18.3 Å². The summed E-state index contributed by atoms with van der Waals surface area (Å²) in [4.78, 5) is 14.3. The van der Waals surface area contributed by atoms with Crippen molar-refractivity contribution in [1.29, 1.82) is 0 Å². The Hall–Kier alpha value is -4.23. The molecule has 0 unspecified atom stereocenters. The summed E-state index contributed by atoms with van der Waals surface area (Å²) < 4.78 is 43.8. The molecule has 0 amide bonds. The maximum Gasteiger partial charge on any atom is 0.431 e. The second kappa shape index (κ2) is 9.50. The first-order valence-electron chi connectivity index (χ1n) is 12.7. The fraction of sp³-hybridized carbons (Fsp3) is 0.188. The molecule has 6 rings (SSSR count). The maximum absolute atomic E-state index is 14.6. The average molecular weight is 527 g/mol. The third-order valence-corrected chi connectivity index (χ3v) is 7.81. The van der Waals surface area contributed by atoms with Crippen LogP contribution in [0.3, 0.4) is 0 Å². The maximum atomic E-state index is 14.6. The van der Waals surface area contributed by atoms with Crippen LogP contribution in [-0.2, 0) is 5.60 Å². The fourth-order valence-electron chi connectivity index (χ4n) is 6.23. The third-order valence-electron chi connectivity index (χ3n) is 7.81. The van der Waals surface area contributed by atoms with Crippen molar-refractivity contribution in [3.05, 3.63) is 144 Å². The summed E-state index contributed by atoms with van der Waals surface area (Å²) in [5, 5.41) is 18.4. The minimum atomic E-state index is -4.75. The van der Waals surface area contributed by atoms with Crippen LogP contribution in [0.5, 0.6) is 0 Å². The van der Waals surface area contributed by atoms with Crippen LogP contribution >= 0.6 is 0 Å². The minimum absolute atomic E-state index is 0.360. The number of carbonyl (C=O) groups is 1. The Bertz CT molecular complexity index is 1490. The van der Waals surface area contributed by atoms with Crippen LogP contribution in [0.1, 0.15) is 39.0 Å². The molecule has 0 bridgehead atoms. The van der Waals surface area contributed by atoms with Gasteiger partial charge >= 0.3 is 6.18 Å². The largest absolute Gasteiger partial charge is 0.431 e. The molecular weight excluding hydrogens is 501 g/mol. The van der Waals surface area contributed by atoms with Crippen LogP contribution in [0.2, 0.25) is 0 Å². The Morgan fingerprint density at radius 3 is 1.77 bits per heavy atom. The summed E-state index contributed by atoms with van der Waals surface area (Å²) in [6, 6.07) is 32.2. The number of ketones is 1. The van der Waals surface area contributed by atoms with Crippen molar-refractivity contribution in [2.75, 3.05) is 0 Å². The van der Waals surface area contributed by atoms with Gasteiger partial charge in [-0.1, -0.05) is 121 Å². The molecule has 4 aromatic rings. The molecule has 39 heavy (non-hydrogen) atoms. The van der Waals surface area contributed by atoms with Gasteiger partial charge in [0.25, 0.3) is 0 Å². The van der Waals surface area contributed by atoms with Crippen molar-refractivity contribution in [2.45, 2.75) is 29.8 Å². The summed E-state index contributed by atoms with van der Waals surface area (Å²) in [6.45, 7) is 0. The number of nitrogens with zero attached hydrogens (tertiary/aromatic N) is 2. The molecule has 4 nitrogen and oxygen atoms in total. The van der Waals surface area contributed by atoms with Gasteiger partial charge in [0, 0.05) is 5.56 Å². The average Bonchev–Trinajstić information content (AvgIpc) is 3.49. The van der Waals surface area contributed by atoms with Gasteiger partial charge in [-0.25, -0.2) is 0 Å². The molecule has 1 N–H and O–H groups in total. The van der Waals surface area contributed by atoms with E-state index in [2.05, 4.69) is 5.10 Å². The predicted molar refractivity (Wildman–Crippen MR) is 142 cm³/mol. The molecule has 4 aromatic carbocycles. The van der Waals surface area contributed by atoms with Crippen molar-refractivity contribution in [3.63, 3.8) is 0 Å².